The monoisotopic (exact) mass is 499 g/mol. The van der Waals surface area contributed by atoms with E-state index >= 15 is 0 Å². The lowest BCUT2D eigenvalue weighted by Crippen LogP contribution is -2.45. The minimum absolute atomic E-state index is 0.0192. The zero-order chi connectivity index (χ0) is 25.8. The van der Waals surface area contributed by atoms with Crippen molar-refractivity contribution in [1.82, 2.24) is 0 Å². The van der Waals surface area contributed by atoms with Crippen molar-refractivity contribution in [3.05, 3.63) is 108 Å². The van der Waals surface area contributed by atoms with E-state index in [2.05, 4.69) is 5.16 Å². The van der Waals surface area contributed by atoms with Crippen LogP contribution in [-0.4, -0.2) is 36.0 Å². The smallest absolute Gasteiger partial charge is 0.303 e. The summed E-state index contributed by atoms with van der Waals surface area (Å²) in [5.41, 5.74) is 4.57. The predicted octanol–water partition coefficient (Wildman–Crippen LogP) is 5.54. The molecule has 5 rings (SSSR count). The van der Waals surface area contributed by atoms with Crippen molar-refractivity contribution in [3.63, 3.8) is 0 Å². The number of aliphatic carboxylic acids is 1. The van der Waals surface area contributed by atoms with Crippen LogP contribution in [-0.2, 0) is 9.63 Å². The lowest BCUT2D eigenvalue weighted by molar-refractivity contribution is -0.137. The number of oxime groups is 1. The summed E-state index contributed by atoms with van der Waals surface area (Å²) in [5.74, 6) is -1.41. The van der Waals surface area contributed by atoms with Gasteiger partial charge in [-0.2, -0.15) is 0 Å². The van der Waals surface area contributed by atoms with Crippen molar-refractivity contribution >= 4 is 29.0 Å². The molecule has 188 valence electrons. The summed E-state index contributed by atoms with van der Waals surface area (Å²) in [6, 6.07) is 21.5. The Morgan fingerprint density at radius 3 is 2.65 bits per heavy atom. The zero-order valence-electron chi connectivity index (χ0n) is 20.1. The van der Waals surface area contributed by atoms with E-state index in [1.165, 1.54) is 12.1 Å². The third-order valence-electron chi connectivity index (χ3n) is 6.49. The summed E-state index contributed by atoms with van der Waals surface area (Å²) < 4.78 is 13.5. The average Bonchev–Trinajstić information content (AvgIpc) is 3.40. The fraction of sp³-hybridized carbons (Fsp3) is 0.207. The van der Waals surface area contributed by atoms with Crippen molar-refractivity contribution in [3.8, 4) is 0 Å². The molecule has 0 spiro atoms. The Morgan fingerprint density at radius 1 is 1.11 bits per heavy atom. The van der Waals surface area contributed by atoms with E-state index < -0.39 is 5.97 Å². The Morgan fingerprint density at radius 2 is 1.89 bits per heavy atom. The Labute approximate surface area is 214 Å². The topological polar surface area (TPSA) is 82.4 Å². The van der Waals surface area contributed by atoms with Crippen LogP contribution in [0.4, 0.5) is 15.8 Å². The molecule has 0 fully saturated rings. The number of carboxylic acid groups (broad SMARTS) is 1. The van der Waals surface area contributed by atoms with Gasteiger partial charge in [0.15, 0.2) is 0 Å². The predicted molar refractivity (Wildman–Crippen MR) is 139 cm³/mol. The second kappa shape index (κ2) is 10.7. The number of fused-ring (bicyclic) bond motifs is 1. The fourth-order valence-corrected chi connectivity index (χ4v) is 4.59. The first kappa shape index (κ1) is 24.2. The summed E-state index contributed by atoms with van der Waals surface area (Å²) in [5, 5.41) is 13.2. The zero-order valence-corrected chi connectivity index (χ0v) is 20.1. The Hall–Kier alpha value is -4.46. The van der Waals surface area contributed by atoms with E-state index in [-0.39, 0.29) is 30.7 Å². The van der Waals surface area contributed by atoms with Crippen molar-refractivity contribution in [2.75, 3.05) is 23.1 Å². The van der Waals surface area contributed by atoms with Gasteiger partial charge in [-0.25, -0.2) is 4.39 Å². The van der Waals surface area contributed by atoms with Crippen molar-refractivity contribution < 1.29 is 23.9 Å². The number of halogens is 1. The normalized spacial score (nSPS) is 17.1. The number of hydrogen-bond acceptors (Lipinski definition) is 5. The maximum atomic E-state index is 13.5. The molecule has 0 saturated carbocycles. The fourth-order valence-electron chi connectivity index (χ4n) is 4.59. The first-order valence-electron chi connectivity index (χ1n) is 12.1. The maximum absolute atomic E-state index is 13.5. The van der Waals surface area contributed by atoms with Crippen molar-refractivity contribution in [2.24, 2.45) is 5.16 Å². The molecule has 2 heterocycles. The highest BCUT2D eigenvalue weighted by Crippen LogP contribution is 2.34. The van der Waals surface area contributed by atoms with Crippen LogP contribution >= 0.6 is 0 Å². The highest BCUT2D eigenvalue weighted by Gasteiger charge is 2.32. The van der Waals surface area contributed by atoms with Crippen molar-refractivity contribution in [2.45, 2.75) is 25.2 Å². The number of carbonyl (C=O) groups is 2. The van der Waals surface area contributed by atoms with Crippen LogP contribution in [0, 0.1) is 5.82 Å². The SMILES string of the molecule is O=C(O)CCC/C=C/N1CN(c2ccc(F)cc2)C(=O)c2ccc(C3=NOC[C@@H]3c3ccccc3)cc21. The number of anilines is 2. The molecule has 0 aliphatic carbocycles. The van der Waals surface area contributed by atoms with Gasteiger partial charge in [0, 0.05) is 23.9 Å². The van der Waals surface area contributed by atoms with Crippen LogP contribution in [0.2, 0.25) is 0 Å². The molecular formula is C29H26FN3O4. The molecule has 1 amide bonds. The molecular weight excluding hydrogens is 473 g/mol. The van der Waals surface area contributed by atoms with Crippen LogP contribution in [0.1, 0.15) is 46.7 Å². The van der Waals surface area contributed by atoms with Gasteiger partial charge in [0.25, 0.3) is 5.91 Å². The van der Waals surface area contributed by atoms with E-state index in [0.29, 0.717) is 30.7 Å². The number of hydrogen-bond donors (Lipinski definition) is 1. The van der Waals surface area contributed by atoms with E-state index in [1.807, 2.05) is 59.6 Å². The van der Waals surface area contributed by atoms with Crippen LogP contribution in [0.15, 0.2) is 90.2 Å². The van der Waals surface area contributed by atoms with Gasteiger partial charge in [0.2, 0.25) is 0 Å². The van der Waals surface area contributed by atoms with E-state index in [4.69, 9.17) is 9.94 Å². The third kappa shape index (κ3) is 5.23. The van der Waals surface area contributed by atoms with Crippen LogP contribution in [0.5, 0.6) is 0 Å². The molecule has 37 heavy (non-hydrogen) atoms. The highest BCUT2D eigenvalue weighted by molar-refractivity contribution is 6.14. The van der Waals surface area contributed by atoms with Crippen LogP contribution in [0.25, 0.3) is 0 Å². The first-order chi connectivity index (χ1) is 18.0. The summed E-state index contributed by atoms with van der Waals surface area (Å²) in [6.45, 7) is 0.669. The Bertz CT molecular complexity index is 1360. The number of rotatable bonds is 8. The molecule has 0 saturated heterocycles. The number of nitrogens with zero attached hydrogens (tertiary/aromatic N) is 3. The van der Waals surface area contributed by atoms with E-state index in [0.717, 1.165) is 22.5 Å². The van der Waals surface area contributed by atoms with Gasteiger partial charge in [-0.3, -0.25) is 14.5 Å². The van der Waals surface area contributed by atoms with Gasteiger partial charge < -0.3 is 14.8 Å². The molecule has 8 heteroatoms. The number of carbonyl (C=O) groups excluding carboxylic acids is 1. The first-order valence-corrected chi connectivity index (χ1v) is 12.1. The molecule has 0 unspecified atom stereocenters. The number of carboxylic acids is 1. The van der Waals surface area contributed by atoms with E-state index in [9.17, 15) is 14.0 Å². The van der Waals surface area contributed by atoms with Crippen LogP contribution in [0.3, 0.4) is 0 Å². The molecule has 1 atom stereocenters. The molecule has 3 aromatic rings. The molecule has 0 radical (unpaired) electrons. The third-order valence-corrected chi connectivity index (χ3v) is 6.49. The van der Waals surface area contributed by atoms with Gasteiger partial charge in [-0.15, -0.1) is 0 Å². The quantitative estimate of drug-likeness (QED) is 0.412. The largest absolute Gasteiger partial charge is 0.481 e. The van der Waals surface area contributed by atoms with Crippen molar-refractivity contribution in [1.29, 1.82) is 0 Å². The molecule has 7 nitrogen and oxygen atoms in total. The van der Waals surface area contributed by atoms with Gasteiger partial charge in [-0.05, 0) is 54.8 Å². The molecule has 0 aromatic heterocycles. The van der Waals surface area contributed by atoms with Crippen LogP contribution < -0.4 is 9.80 Å². The highest BCUT2D eigenvalue weighted by atomic mass is 19.1. The van der Waals surface area contributed by atoms with Gasteiger partial charge in [-0.1, -0.05) is 47.6 Å². The average molecular weight is 500 g/mol. The number of unbranched alkanes of at least 4 members (excludes halogenated alkanes) is 1. The molecule has 2 aliphatic heterocycles. The molecule has 0 bridgehead atoms. The maximum Gasteiger partial charge on any atom is 0.303 e. The van der Waals surface area contributed by atoms with Gasteiger partial charge in [0.1, 0.15) is 19.1 Å². The second-order valence-electron chi connectivity index (χ2n) is 8.96. The minimum atomic E-state index is -0.832. The van der Waals surface area contributed by atoms with E-state index in [1.54, 1.807) is 23.1 Å². The van der Waals surface area contributed by atoms with Gasteiger partial charge >= 0.3 is 5.97 Å². The Kier molecular flexibility index (Phi) is 6.98. The summed E-state index contributed by atoms with van der Waals surface area (Å²) in [7, 11) is 0. The lowest BCUT2D eigenvalue weighted by Gasteiger charge is -2.36. The summed E-state index contributed by atoms with van der Waals surface area (Å²) in [6.07, 6.45) is 4.96. The molecule has 2 aliphatic rings. The van der Waals surface area contributed by atoms with Gasteiger partial charge in [0.05, 0.1) is 22.9 Å². The number of allylic oxidation sites excluding steroid dienone is 1. The standard InChI is InChI=1S/C29H26FN3O4/c30-22-11-13-23(14-12-22)33-19-32(16-6-2-5-9-27(34)35)26-17-21(10-15-24(26)29(33)36)28-25(18-37-31-28)20-7-3-1-4-8-20/h1,3-4,6-8,10-17,25H,2,5,9,18-19H2,(H,34,35)/b16-6+/t25-/m1/s1. The second-order valence-corrected chi connectivity index (χ2v) is 8.96. The Balaban J connectivity index is 1.48. The summed E-state index contributed by atoms with van der Waals surface area (Å²) in [4.78, 5) is 33.3. The molecule has 1 N–H and O–H groups in total. The molecule has 3 aromatic carbocycles. The summed E-state index contributed by atoms with van der Waals surface area (Å²) >= 11 is 0. The lowest BCUT2D eigenvalue weighted by atomic mass is 9.90. The minimum Gasteiger partial charge on any atom is -0.481 e. The number of amides is 1. The number of benzene rings is 3.